The molecular formula is C23H18F3N3O3S. The lowest BCUT2D eigenvalue weighted by Crippen LogP contribution is -2.15. The summed E-state index contributed by atoms with van der Waals surface area (Å²) < 4.78 is 47.7. The monoisotopic (exact) mass is 473 g/mol. The van der Waals surface area contributed by atoms with E-state index in [9.17, 15) is 22.8 Å². The molecule has 2 N–H and O–H groups in total. The summed E-state index contributed by atoms with van der Waals surface area (Å²) in [5.74, 6) is -0.780. The molecule has 0 saturated heterocycles. The van der Waals surface area contributed by atoms with E-state index >= 15 is 0 Å². The van der Waals surface area contributed by atoms with Gasteiger partial charge in [0, 0.05) is 17.2 Å². The molecule has 0 unspecified atom stereocenters. The Labute approximate surface area is 190 Å². The largest absolute Gasteiger partial charge is 0.484 e. The normalized spacial score (nSPS) is 12.6. The Bertz CT molecular complexity index is 1370. The molecule has 33 heavy (non-hydrogen) atoms. The summed E-state index contributed by atoms with van der Waals surface area (Å²) in [6, 6.07) is 11.7. The average molecular weight is 473 g/mol. The number of imidazole rings is 1. The van der Waals surface area contributed by atoms with Crippen LogP contribution in [0.5, 0.6) is 5.75 Å². The van der Waals surface area contributed by atoms with Gasteiger partial charge in [-0.05, 0) is 38.1 Å². The standard InChI is InChI=1S/C23H18F3N3O3S/c1-12(30)14-7-8-18-17(9-14)28-11-29(18)20-10-19(21(33-20)22(27)31)32-13(2)15-5-3-4-6-16(15)23(24,25)26/h3-11,13H,1-2H3,(H2,27,31)/t13-/m1/s1. The van der Waals surface area contributed by atoms with Crippen molar-refractivity contribution in [1.82, 2.24) is 9.55 Å². The van der Waals surface area contributed by atoms with E-state index in [2.05, 4.69) is 4.98 Å². The van der Waals surface area contributed by atoms with Crippen LogP contribution in [0.2, 0.25) is 0 Å². The lowest BCUT2D eigenvalue weighted by Gasteiger charge is -2.19. The van der Waals surface area contributed by atoms with E-state index in [1.54, 1.807) is 22.8 Å². The fourth-order valence-corrected chi connectivity index (χ4v) is 4.44. The molecule has 0 spiro atoms. The number of carbonyl (C=O) groups is 2. The van der Waals surface area contributed by atoms with Gasteiger partial charge in [0.2, 0.25) is 0 Å². The summed E-state index contributed by atoms with van der Waals surface area (Å²) in [4.78, 5) is 28.0. The highest BCUT2D eigenvalue weighted by Gasteiger charge is 2.35. The van der Waals surface area contributed by atoms with Crippen molar-refractivity contribution in [2.45, 2.75) is 26.1 Å². The van der Waals surface area contributed by atoms with Crippen molar-refractivity contribution in [2.24, 2.45) is 5.73 Å². The number of nitrogens with two attached hydrogens (primary N) is 1. The van der Waals surface area contributed by atoms with Crippen LogP contribution in [-0.4, -0.2) is 21.2 Å². The molecule has 1 atom stereocenters. The van der Waals surface area contributed by atoms with Gasteiger partial charge in [-0.25, -0.2) is 4.98 Å². The molecule has 0 saturated carbocycles. The zero-order valence-electron chi connectivity index (χ0n) is 17.5. The molecule has 2 aromatic carbocycles. The number of amides is 1. The molecule has 2 aromatic heterocycles. The molecule has 0 aliphatic heterocycles. The Morgan fingerprint density at radius 1 is 1.15 bits per heavy atom. The fraction of sp³-hybridized carbons (Fsp3) is 0.174. The van der Waals surface area contributed by atoms with Crippen molar-refractivity contribution < 1.29 is 27.5 Å². The number of benzene rings is 2. The minimum absolute atomic E-state index is 0.0574. The van der Waals surface area contributed by atoms with Crippen LogP contribution in [0.25, 0.3) is 16.0 Å². The Kier molecular flexibility index (Phi) is 5.71. The number of thiophene rings is 1. The summed E-state index contributed by atoms with van der Waals surface area (Å²) in [6.45, 7) is 2.93. The number of alkyl halides is 3. The third-order valence-corrected chi connectivity index (χ3v) is 6.24. The first kappa shape index (κ1) is 22.5. The number of ketones is 1. The highest BCUT2D eigenvalue weighted by Crippen LogP contribution is 2.39. The van der Waals surface area contributed by atoms with Crippen LogP contribution < -0.4 is 10.5 Å². The molecule has 0 aliphatic carbocycles. The van der Waals surface area contributed by atoms with Gasteiger partial charge in [-0.3, -0.25) is 14.2 Å². The second kappa shape index (κ2) is 8.36. The molecule has 0 radical (unpaired) electrons. The van der Waals surface area contributed by atoms with Gasteiger partial charge in [0.05, 0.1) is 16.6 Å². The second-order valence-electron chi connectivity index (χ2n) is 7.36. The quantitative estimate of drug-likeness (QED) is 0.372. The van der Waals surface area contributed by atoms with E-state index < -0.39 is 23.8 Å². The van der Waals surface area contributed by atoms with Crippen LogP contribution >= 0.6 is 11.3 Å². The number of hydrogen-bond acceptors (Lipinski definition) is 5. The number of ether oxygens (including phenoxy) is 1. The molecule has 4 rings (SSSR count). The van der Waals surface area contributed by atoms with Crippen molar-refractivity contribution in [1.29, 1.82) is 0 Å². The van der Waals surface area contributed by atoms with Crippen LogP contribution in [0.4, 0.5) is 13.2 Å². The number of hydrogen-bond donors (Lipinski definition) is 1. The Hall–Kier alpha value is -3.66. The summed E-state index contributed by atoms with van der Waals surface area (Å²) in [6.07, 6.45) is -4.02. The zero-order chi connectivity index (χ0) is 23.9. The Balaban J connectivity index is 1.73. The number of primary amides is 1. The summed E-state index contributed by atoms with van der Waals surface area (Å²) in [5.41, 5.74) is 6.41. The molecule has 2 heterocycles. The van der Waals surface area contributed by atoms with Crippen molar-refractivity contribution >= 4 is 34.1 Å². The molecule has 0 aliphatic rings. The highest BCUT2D eigenvalue weighted by molar-refractivity contribution is 7.16. The molecule has 0 bridgehead atoms. The van der Waals surface area contributed by atoms with Gasteiger partial charge in [-0.2, -0.15) is 13.2 Å². The van der Waals surface area contributed by atoms with Crippen LogP contribution in [0.15, 0.2) is 54.9 Å². The first-order valence-electron chi connectivity index (χ1n) is 9.81. The first-order chi connectivity index (χ1) is 15.6. The molecule has 4 aromatic rings. The maximum Gasteiger partial charge on any atom is 0.416 e. The Morgan fingerprint density at radius 3 is 2.55 bits per heavy atom. The number of carbonyl (C=O) groups excluding carboxylic acids is 2. The predicted octanol–water partition coefficient (Wildman–Crippen LogP) is 5.55. The fourth-order valence-electron chi connectivity index (χ4n) is 3.51. The van der Waals surface area contributed by atoms with Crippen molar-refractivity contribution in [3.05, 3.63) is 76.4 Å². The zero-order valence-corrected chi connectivity index (χ0v) is 18.3. The molecule has 170 valence electrons. The maximum absolute atomic E-state index is 13.4. The van der Waals surface area contributed by atoms with E-state index in [4.69, 9.17) is 10.5 Å². The number of fused-ring (bicyclic) bond motifs is 1. The van der Waals surface area contributed by atoms with E-state index in [1.807, 2.05) is 0 Å². The van der Waals surface area contributed by atoms with Crippen molar-refractivity contribution in [2.75, 3.05) is 0 Å². The van der Waals surface area contributed by atoms with Crippen LogP contribution in [0.3, 0.4) is 0 Å². The minimum atomic E-state index is -4.55. The number of aromatic nitrogens is 2. The molecule has 6 nitrogen and oxygen atoms in total. The van der Waals surface area contributed by atoms with E-state index in [0.29, 0.717) is 21.6 Å². The third-order valence-electron chi connectivity index (χ3n) is 5.11. The lowest BCUT2D eigenvalue weighted by molar-refractivity contribution is -0.139. The highest BCUT2D eigenvalue weighted by atomic mass is 32.1. The van der Waals surface area contributed by atoms with Gasteiger partial charge in [0.1, 0.15) is 28.1 Å². The minimum Gasteiger partial charge on any atom is -0.484 e. The van der Waals surface area contributed by atoms with Crippen LogP contribution in [0, 0.1) is 0 Å². The number of Topliss-reactive ketones (excluding diaryl/α,β-unsaturated/α-hetero) is 1. The Morgan fingerprint density at radius 2 is 1.88 bits per heavy atom. The predicted molar refractivity (Wildman–Crippen MR) is 118 cm³/mol. The number of nitrogens with zero attached hydrogens (tertiary/aromatic N) is 2. The van der Waals surface area contributed by atoms with Gasteiger partial charge >= 0.3 is 6.18 Å². The SMILES string of the molecule is CC(=O)c1ccc2c(c1)ncn2-c1cc(O[C@H](C)c2ccccc2C(F)(F)F)c(C(N)=O)s1. The van der Waals surface area contributed by atoms with E-state index in [0.717, 1.165) is 17.4 Å². The third kappa shape index (κ3) is 4.34. The van der Waals surface area contributed by atoms with Crippen LogP contribution in [-0.2, 0) is 6.18 Å². The summed E-state index contributed by atoms with van der Waals surface area (Å²) in [5, 5.41) is 0.535. The van der Waals surface area contributed by atoms with Gasteiger partial charge < -0.3 is 10.5 Å². The number of rotatable bonds is 6. The van der Waals surface area contributed by atoms with Gasteiger partial charge in [0.25, 0.3) is 5.91 Å². The molecular weight excluding hydrogens is 455 g/mol. The smallest absolute Gasteiger partial charge is 0.416 e. The molecule has 0 fully saturated rings. The van der Waals surface area contributed by atoms with Crippen LogP contribution in [0.1, 0.15) is 51.1 Å². The van der Waals surface area contributed by atoms with Gasteiger partial charge in [-0.1, -0.05) is 18.2 Å². The summed E-state index contributed by atoms with van der Waals surface area (Å²) in [7, 11) is 0. The topological polar surface area (TPSA) is 87.2 Å². The van der Waals surface area contributed by atoms with Crippen molar-refractivity contribution in [3.8, 4) is 10.8 Å². The number of halogens is 3. The first-order valence-corrected chi connectivity index (χ1v) is 10.6. The lowest BCUT2D eigenvalue weighted by atomic mass is 10.0. The molecule has 1 amide bonds. The summed E-state index contributed by atoms with van der Waals surface area (Å²) >= 11 is 1.03. The van der Waals surface area contributed by atoms with E-state index in [1.165, 1.54) is 44.4 Å². The van der Waals surface area contributed by atoms with Crippen molar-refractivity contribution in [3.63, 3.8) is 0 Å². The average Bonchev–Trinajstić information content (AvgIpc) is 3.36. The van der Waals surface area contributed by atoms with Gasteiger partial charge in [-0.15, -0.1) is 11.3 Å². The van der Waals surface area contributed by atoms with Gasteiger partial charge in [0.15, 0.2) is 5.78 Å². The maximum atomic E-state index is 13.4. The van der Waals surface area contributed by atoms with E-state index in [-0.39, 0.29) is 22.0 Å². The molecule has 10 heteroatoms. The second-order valence-corrected chi connectivity index (χ2v) is 8.39.